The highest BCUT2D eigenvalue weighted by Crippen LogP contribution is 2.31. The first-order chi connectivity index (χ1) is 11.8. The molecule has 3 aromatic rings. The van der Waals surface area contributed by atoms with Crippen molar-refractivity contribution in [3.05, 3.63) is 42.4 Å². The number of ether oxygens (including phenoxy) is 1. The molecular formula is C18H19N3O3. The zero-order valence-corrected chi connectivity index (χ0v) is 13.5. The summed E-state index contributed by atoms with van der Waals surface area (Å²) in [5, 5.41) is 10.1. The largest absolute Gasteiger partial charge is 0.459 e. The molecule has 0 amide bonds. The standard InChI is InChI=1S/C18H19N3O3/c1-21(17-3-2-8-23-17)18-14-9-12(4-6-15(14)19-11-20-18)16-7-5-13(10-22)24-16/h4-7,9,11,17,22H,2-3,8,10H2,1H3. The number of nitrogens with zero attached hydrogens (tertiary/aromatic N) is 3. The van der Waals surface area contributed by atoms with E-state index in [9.17, 15) is 5.11 Å². The van der Waals surface area contributed by atoms with Crippen molar-refractivity contribution >= 4 is 16.7 Å². The summed E-state index contributed by atoms with van der Waals surface area (Å²) in [6, 6.07) is 9.59. The first-order valence-corrected chi connectivity index (χ1v) is 8.05. The predicted octanol–water partition coefficient (Wildman–Crippen LogP) is 2.95. The lowest BCUT2D eigenvalue weighted by molar-refractivity contribution is 0.111. The van der Waals surface area contributed by atoms with Crippen molar-refractivity contribution in [2.24, 2.45) is 0 Å². The maximum absolute atomic E-state index is 9.17. The topological polar surface area (TPSA) is 71.6 Å². The van der Waals surface area contributed by atoms with Gasteiger partial charge in [0.2, 0.25) is 0 Å². The Morgan fingerprint density at radius 2 is 2.17 bits per heavy atom. The van der Waals surface area contributed by atoms with Crippen LogP contribution in [0, 0.1) is 0 Å². The van der Waals surface area contributed by atoms with Gasteiger partial charge in [-0.2, -0.15) is 0 Å². The zero-order valence-electron chi connectivity index (χ0n) is 13.5. The summed E-state index contributed by atoms with van der Waals surface area (Å²) in [5.41, 5.74) is 1.81. The molecule has 2 aromatic heterocycles. The smallest absolute Gasteiger partial charge is 0.141 e. The first kappa shape index (κ1) is 15.1. The SMILES string of the molecule is CN(c1ncnc2ccc(-c3ccc(CO)o3)cc12)C1CCCO1. The Labute approximate surface area is 139 Å². The fourth-order valence-corrected chi connectivity index (χ4v) is 3.10. The van der Waals surface area contributed by atoms with Crippen molar-refractivity contribution < 1.29 is 14.3 Å². The molecule has 0 bridgehead atoms. The van der Waals surface area contributed by atoms with Crippen LogP contribution in [0.15, 0.2) is 41.1 Å². The van der Waals surface area contributed by atoms with Gasteiger partial charge in [0.25, 0.3) is 0 Å². The number of fused-ring (bicyclic) bond motifs is 1. The maximum atomic E-state index is 9.17. The molecule has 0 aliphatic carbocycles. The van der Waals surface area contributed by atoms with E-state index in [-0.39, 0.29) is 12.8 Å². The third-order valence-corrected chi connectivity index (χ3v) is 4.39. The summed E-state index contributed by atoms with van der Waals surface area (Å²) in [6.45, 7) is 0.684. The molecule has 4 rings (SSSR count). The highest BCUT2D eigenvalue weighted by molar-refractivity contribution is 5.92. The predicted molar refractivity (Wildman–Crippen MR) is 90.5 cm³/mol. The van der Waals surface area contributed by atoms with Crippen LogP contribution < -0.4 is 4.90 Å². The lowest BCUT2D eigenvalue weighted by Crippen LogP contribution is -2.31. The van der Waals surface area contributed by atoms with E-state index in [0.717, 1.165) is 47.5 Å². The van der Waals surface area contributed by atoms with E-state index in [1.165, 1.54) is 0 Å². The van der Waals surface area contributed by atoms with Gasteiger partial charge in [0.1, 0.15) is 36.5 Å². The second kappa shape index (κ2) is 6.22. The number of anilines is 1. The Morgan fingerprint density at radius 1 is 1.25 bits per heavy atom. The van der Waals surface area contributed by atoms with Crippen LogP contribution in [0.1, 0.15) is 18.6 Å². The Kier molecular flexibility index (Phi) is 3.92. The fourth-order valence-electron chi connectivity index (χ4n) is 3.10. The highest BCUT2D eigenvalue weighted by Gasteiger charge is 2.23. The summed E-state index contributed by atoms with van der Waals surface area (Å²) in [7, 11) is 2.00. The van der Waals surface area contributed by atoms with Gasteiger partial charge >= 0.3 is 0 Å². The number of hydrogen-bond donors (Lipinski definition) is 1. The lowest BCUT2D eigenvalue weighted by Gasteiger charge is -2.25. The summed E-state index contributed by atoms with van der Waals surface area (Å²) < 4.78 is 11.4. The molecule has 3 heterocycles. The van der Waals surface area contributed by atoms with E-state index in [4.69, 9.17) is 9.15 Å². The molecule has 6 heteroatoms. The second-order valence-electron chi connectivity index (χ2n) is 5.93. The molecule has 0 saturated carbocycles. The third-order valence-electron chi connectivity index (χ3n) is 4.39. The van der Waals surface area contributed by atoms with Gasteiger partial charge < -0.3 is 19.2 Å². The molecule has 1 unspecified atom stereocenters. The van der Waals surface area contributed by atoms with Crippen LogP contribution in [0.4, 0.5) is 5.82 Å². The van der Waals surface area contributed by atoms with E-state index in [1.54, 1.807) is 12.4 Å². The molecule has 0 radical (unpaired) electrons. The molecule has 6 nitrogen and oxygen atoms in total. The van der Waals surface area contributed by atoms with Crippen molar-refractivity contribution in [2.75, 3.05) is 18.6 Å². The quantitative estimate of drug-likeness (QED) is 0.795. The van der Waals surface area contributed by atoms with Crippen LogP contribution in [0.25, 0.3) is 22.2 Å². The minimum atomic E-state index is -0.107. The average Bonchev–Trinajstić information content (AvgIpc) is 3.31. The van der Waals surface area contributed by atoms with Gasteiger partial charge in [-0.3, -0.25) is 0 Å². The number of aliphatic hydroxyl groups excluding tert-OH is 1. The van der Waals surface area contributed by atoms with E-state index in [0.29, 0.717) is 5.76 Å². The number of rotatable bonds is 4. The minimum Gasteiger partial charge on any atom is -0.459 e. The van der Waals surface area contributed by atoms with E-state index in [2.05, 4.69) is 14.9 Å². The zero-order chi connectivity index (χ0) is 16.5. The normalized spacial score (nSPS) is 17.5. The van der Waals surface area contributed by atoms with Crippen molar-refractivity contribution in [1.29, 1.82) is 0 Å². The molecule has 1 saturated heterocycles. The van der Waals surface area contributed by atoms with Crippen molar-refractivity contribution in [1.82, 2.24) is 9.97 Å². The number of hydrogen-bond acceptors (Lipinski definition) is 6. The van der Waals surface area contributed by atoms with Crippen molar-refractivity contribution in [3.8, 4) is 11.3 Å². The molecule has 1 fully saturated rings. The van der Waals surface area contributed by atoms with Crippen LogP contribution in [0.5, 0.6) is 0 Å². The number of aromatic nitrogens is 2. The number of aliphatic hydroxyl groups is 1. The van der Waals surface area contributed by atoms with E-state index >= 15 is 0 Å². The molecule has 24 heavy (non-hydrogen) atoms. The molecule has 0 spiro atoms. The lowest BCUT2D eigenvalue weighted by atomic mass is 10.1. The number of furan rings is 1. The highest BCUT2D eigenvalue weighted by atomic mass is 16.5. The molecule has 124 valence electrons. The summed E-state index contributed by atoms with van der Waals surface area (Å²) in [6.07, 6.45) is 3.70. The number of benzene rings is 1. The van der Waals surface area contributed by atoms with E-state index < -0.39 is 0 Å². The Bertz CT molecular complexity index is 856. The maximum Gasteiger partial charge on any atom is 0.141 e. The van der Waals surface area contributed by atoms with Crippen molar-refractivity contribution in [3.63, 3.8) is 0 Å². The van der Waals surface area contributed by atoms with Crippen LogP contribution >= 0.6 is 0 Å². The van der Waals surface area contributed by atoms with E-state index in [1.807, 2.05) is 31.3 Å². The van der Waals surface area contributed by atoms with Crippen LogP contribution in [0.3, 0.4) is 0 Å². The minimum absolute atomic E-state index is 0.0522. The molecule has 1 N–H and O–H groups in total. The first-order valence-electron chi connectivity index (χ1n) is 8.05. The van der Waals surface area contributed by atoms with Gasteiger partial charge in [-0.15, -0.1) is 0 Å². The van der Waals surface area contributed by atoms with Gasteiger partial charge in [0.15, 0.2) is 0 Å². The van der Waals surface area contributed by atoms with Gasteiger partial charge in [0.05, 0.1) is 5.52 Å². The molecule has 1 aliphatic rings. The second-order valence-corrected chi connectivity index (χ2v) is 5.93. The van der Waals surface area contributed by atoms with Gasteiger partial charge in [-0.25, -0.2) is 9.97 Å². The van der Waals surface area contributed by atoms with Crippen LogP contribution in [-0.2, 0) is 11.3 Å². The van der Waals surface area contributed by atoms with Gasteiger partial charge in [-0.05, 0) is 43.2 Å². The molecule has 1 atom stereocenters. The van der Waals surface area contributed by atoms with Crippen LogP contribution in [0.2, 0.25) is 0 Å². The Hall–Kier alpha value is -2.44. The average molecular weight is 325 g/mol. The third kappa shape index (κ3) is 2.64. The van der Waals surface area contributed by atoms with Crippen LogP contribution in [-0.4, -0.2) is 35.0 Å². The molecular weight excluding hydrogens is 306 g/mol. The van der Waals surface area contributed by atoms with Crippen molar-refractivity contribution in [2.45, 2.75) is 25.7 Å². The summed E-state index contributed by atoms with van der Waals surface area (Å²) >= 11 is 0. The molecule has 1 aromatic carbocycles. The van der Waals surface area contributed by atoms with Gasteiger partial charge in [0, 0.05) is 24.6 Å². The Morgan fingerprint density at radius 3 is 2.92 bits per heavy atom. The summed E-state index contributed by atoms with van der Waals surface area (Å²) in [5.74, 6) is 2.12. The monoisotopic (exact) mass is 325 g/mol. The molecule has 1 aliphatic heterocycles. The fraction of sp³-hybridized carbons (Fsp3) is 0.333. The van der Waals surface area contributed by atoms with Gasteiger partial charge in [-0.1, -0.05) is 0 Å². The Balaban J connectivity index is 1.78. The summed E-state index contributed by atoms with van der Waals surface area (Å²) in [4.78, 5) is 10.9.